The number of hydrogen-bond acceptors (Lipinski definition) is 6. The maximum Gasteiger partial charge on any atom is 0.244 e. The van der Waals surface area contributed by atoms with Crippen molar-refractivity contribution in [2.45, 2.75) is 24.8 Å². The number of aromatic nitrogens is 2. The van der Waals surface area contributed by atoms with Crippen LogP contribution >= 0.6 is 11.3 Å². The molecular formula is C13H14N4O3S2. The van der Waals surface area contributed by atoms with Crippen LogP contribution in [-0.2, 0) is 27.8 Å². The molecule has 2 aromatic heterocycles. The third-order valence-electron chi connectivity index (χ3n) is 3.25. The van der Waals surface area contributed by atoms with Crippen molar-refractivity contribution in [3.8, 4) is 0 Å². The molecule has 1 aliphatic rings. The number of thiazole rings is 1. The molecule has 0 bridgehead atoms. The Morgan fingerprint density at radius 2 is 2.27 bits per heavy atom. The number of rotatable bonds is 3. The van der Waals surface area contributed by atoms with Gasteiger partial charge in [0.2, 0.25) is 15.9 Å². The Balaban J connectivity index is 1.85. The molecule has 3 heterocycles. The summed E-state index contributed by atoms with van der Waals surface area (Å²) in [6.45, 7) is 2.05. The summed E-state index contributed by atoms with van der Waals surface area (Å²) in [5.41, 5.74) is 0.853. The van der Waals surface area contributed by atoms with E-state index in [-0.39, 0.29) is 17.3 Å². The van der Waals surface area contributed by atoms with Crippen LogP contribution in [0.5, 0.6) is 0 Å². The molecule has 0 saturated heterocycles. The zero-order valence-electron chi connectivity index (χ0n) is 11.8. The molecule has 22 heavy (non-hydrogen) atoms. The van der Waals surface area contributed by atoms with E-state index in [1.807, 2.05) is 0 Å². The number of anilines is 1. The highest BCUT2D eigenvalue weighted by Crippen LogP contribution is 2.30. The summed E-state index contributed by atoms with van der Waals surface area (Å²) >= 11 is 1.31. The summed E-state index contributed by atoms with van der Waals surface area (Å²) in [7, 11) is -3.56. The SMILES string of the molecule is CC(=O)Nc1nc2c(s1)CN(S(=O)(=O)c1cccnc1)CC2. The van der Waals surface area contributed by atoms with Gasteiger partial charge in [0, 0.05) is 37.2 Å². The number of sulfonamides is 1. The summed E-state index contributed by atoms with van der Waals surface area (Å²) < 4.78 is 26.6. The van der Waals surface area contributed by atoms with Gasteiger partial charge in [-0.3, -0.25) is 9.78 Å². The smallest absolute Gasteiger partial charge is 0.244 e. The minimum Gasteiger partial charge on any atom is -0.302 e. The van der Waals surface area contributed by atoms with E-state index in [1.54, 1.807) is 6.07 Å². The first-order valence-corrected chi connectivity index (χ1v) is 8.89. The topological polar surface area (TPSA) is 92.3 Å². The largest absolute Gasteiger partial charge is 0.302 e. The van der Waals surface area contributed by atoms with Gasteiger partial charge in [-0.15, -0.1) is 11.3 Å². The number of pyridine rings is 1. The van der Waals surface area contributed by atoms with E-state index in [2.05, 4.69) is 15.3 Å². The highest BCUT2D eigenvalue weighted by molar-refractivity contribution is 7.89. The number of nitrogens with one attached hydrogen (secondary N) is 1. The van der Waals surface area contributed by atoms with Crippen LogP contribution in [-0.4, -0.2) is 35.1 Å². The average Bonchev–Trinajstić information content (AvgIpc) is 2.88. The van der Waals surface area contributed by atoms with E-state index in [1.165, 1.54) is 41.0 Å². The van der Waals surface area contributed by atoms with Crippen molar-refractivity contribution in [1.29, 1.82) is 0 Å². The number of nitrogens with zero attached hydrogens (tertiary/aromatic N) is 3. The van der Waals surface area contributed by atoms with Gasteiger partial charge in [0.25, 0.3) is 0 Å². The predicted molar refractivity (Wildman–Crippen MR) is 82.0 cm³/mol. The molecule has 0 aromatic carbocycles. The van der Waals surface area contributed by atoms with Crippen molar-refractivity contribution in [3.05, 3.63) is 35.1 Å². The van der Waals surface area contributed by atoms with E-state index < -0.39 is 10.0 Å². The second-order valence-electron chi connectivity index (χ2n) is 4.85. The highest BCUT2D eigenvalue weighted by Gasteiger charge is 2.30. The normalized spacial score (nSPS) is 15.3. The number of amides is 1. The Bertz CT molecular complexity index is 802. The molecular weight excluding hydrogens is 324 g/mol. The molecule has 2 aromatic rings. The summed E-state index contributed by atoms with van der Waals surface area (Å²) in [5, 5.41) is 3.15. The van der Waals surface area contributed by atoms with Crippen LogP contribution in [0.2, 0.25) is 0 Å². The molecule has 0 saturated carbocycles. The third kappa shape index (κ3) is 2.87. The van der Waals surface area contributed by atoms with Crippen LogP contribution in [0.1, 0.15) is 17.5 Å². The quantitative estimate of drug-likeness (QED) is 0.909. The number of carbonyl (C=O) groups excluding carboxylic acids is 1. The Kier molecular flexibility index (Phi) is 3.94. The van der Waals surface area contributed by atoms with Gasteiger partial charge in [0.1, 0.15) is 4.90 Å². The maximum atomic E-state index is 12.6. The Labute approximate surface area is 132 Å². The molecule has 0 unspecified atom stereocenters. The first-order chi connectivity index (χ1) is 10.5. The first-order valence-electron chi connectivity index (χ1n) is 6.63. The van der Waals surface area contributed by atoms with Crippen molar-refractivity contribution in [2.75, 3.05) is 11.9 Å². The molecule has 9 heteroatoms. The monoisotopic (exact) mass is 338 g/mol. The van der Waals surface area contributed by atoms with Crippen LogP contribution in [0.4, 0.5) is 5.13 Å². The van der Waals surface area contributed by atoms with Gasteiger partial charge in [-0.2, -0.15) is 4.31 Å². The van der Waals surface area contributed by atoms with Crippen molar-refractivity contribution in [1.82, 2.24) is 14.3 Å². The van der Waals surface area contributed by atoms with Crippen molar-refractivity contribution < 1.29 is 13.2 Å². The molecule has 0 spiro atoms. The van der Waals surface area contributed by atoms with E-state index in [0.29, 0.717) is 18.1 Å². The first kappa shape index (κ1) is 15.1. The fourth-order valence-corrected chi connectivity index (χ4v) is 4.76. The lowest BCUT2D eigenvalue weighted by Gasteiger charge is -2.25. The second-order valence-corrected chi connectivity index (χ2v) is 7.87. The van der Waals surface area contributed by atoms with E-state index in [9.17, 15) is 13.2 Å². The van der Waals surface area contributed by atoms with Gasteiger partial charge in [0.15, 0.2) is 5.13 Å². The zero-order chi connectivity index (χ0) is 15.7. The van der Waals surface area contributed by atoms with E-state index in [4.69, 9.17) is 0 Å². The Morgan fingerprint density at radius 3 is 2.95 bits per heavy atom. The molecule has 116 valence electrons. The van der Waals surface area contributed by atoms with E-state index >= 15 is 0 Å². The number of carbonyl (C=O) groups is 1. The molecule has 1 aliphatic heterocycles. The van der Waals surface area contributed by atoms with Crippen molar-refractivity contribution in [2.24, 2.45) is 0 Å². The van der Waals surface area contributed by atoms with Crippen LogP contribution < -0.4 is 5.32 Å². The van der Waals surface area contributed by atoms with Crippen LogP contribution in [0.3, 0.4) is 0 Å². The summed E-state index contributed by atoms with van der Waals surface area (Å²) in [6.07, 6.45) is 3.42. The van der Waals surface area contributed by atoms with Gasteiger partial charge in [0.05, 0.1) is 12.2 Å². The zero-order valence-corrected chi connectivity index (χ0v) is 13.4. The standard InChI is InChI=1S/C13H14N4O3S2/c1-9(18)15-13-16-11-4-6-17(8-12(11)21-13)22(19,20)10-3-2-5-14-7-10/h2-3,5,7H,4,6,8H2,1H3,(H,15,16,18). The molecule has 0 atom stereocenters. The fourth-order valence-electron chi connectivity index (χ4n) is 2.23. The summed E-state index contributed by atoms with van der Waals surface area (Å²) in [6, 6.07) is 3.14. The minimum absolute atomic E-state index is 0.185. The lowest BCUT2D eigenvalue weighted by molar-refractivity contribution is -0.114. The van der Waals surface area contributed by atoms with Crippen LogP contribution in [0.25, 0.3) is 0 Å². The Morgan fingerprint density at radius 1 is 1.45 bits per heavy atom. The van der Waals surface area contributed by atoms with Gasteiger partial charge < -0.3 is 5.32 Å². The fraction of sp³-hybridized carbons (Fsp3) is 0.308. The highest BCUT2D eigenvalue weighted by atomic mass is 32.2. The second kappa shape index (κ2) is 5.75. The lowest BCUT2D eigenvalue weighted by Crippen LogP contribution is -2.35. The molecule has 1 N–H and O–H groups in total. The average molecular weight is 338 g/mol. The molecule has 0 radical (unpaired) electrons. The van der Waals surface area contributed by atoms with Crippen molar-refractivity contribution >= 4 is 32.4 Å². The number of hydrogen-bond donors (Lipinski definition) is 1. The van der Waals surface area contributed by atoms with Crippen LogP contribution in [0.15, 0.2) is 29.4 Å². The number of fused-ring (bicyclic) bond motifs is 1. The lowest BCUT2D eigenvalue weighted by atomic mass is 10.2. The van der Waals surface area contributed by atoms with Gasteiger partial charge in [-0.1, -0.05) is 0 Å². The Hall–Kier alpha value is -1.84. The van der Waals surface area contributed by atoms with Gasteiger partial charge in [-0.25, -0.2) is 13.4 Å². The summed E-state index contributed by atoms with van der Waals surface area (Å²) in [5.74, 6) is -0.189. The van der Waals surface area contributed by atoms with Gasteiger partial charge >= 0.3 is 0 Å². The predicted octanol–water partition coefficient (Wildman–Crippen LogP) is 1.24. The summed E-state index contributed by atoms with van der Waals surface area (Å²) in [4.78, 5) is 20.3. The van der Waals surface area contributed by atoms with Crippen molar-refractivity contribution in [3.63, 3.8) is 0 Å². The third-order valence-corrected chi connectivity index (χ3v) is 6.08. The molecule has 3 rings (SSSR count). The maximum absolute atomic E-state index is 12.6. The van der Waals surface area contributed by atoms with Crippen LogP contribution in [0, 0.1) is 0 Å². The molecule has 1 amide bonds. The molecule has 7 nitrogen and oxygen atoms in total. The minimum atomic E-state index is -3.56. The molecule has 0 fully saturated rings. The molecule has 0 aliphatic carbocycles. The van der Waals surface area contributed by atoms with Gasteiger partial charge in [-0.05, 0) is 12.1 Å². The van der Waals surface area contributed by atoms with E-state index in [0.717, 1.165) is 10.6 Å².